The van der Waals surface area contributed by atoms with Crippen molar-refractivity contribution in [2.45, 2.75) is 38.6 Å². The second-order valence-corrected chi connectivity index (χ2v) is 4.02. The molecule has 0 aliphatic carbocycles. The Balaban J connectivity index is 0.00000121. The Morgan fingerprint density at radius 3 is 3.08 bits per heavy atom. The van der Waals surface area contributed by atoms with Gasteiger partial charge in [-0.15, -0.1) is 17.0 Å². The first kappa shape index (κ1) is 12.3. The smallest absolute Gasteiger partial charge is 0.154 e. The van der Waals surface area contributed by atoms with Gasteiger partial charge in [0.25, 0.3) is 0 Å². The maximum absolute atomic E-state index is 5.67. The average molecular weight is 253 g/mol. The highest BCUT2D eigenvalue weighted by Crippen LogP contribution is 2.17. The van der Waals surface area contributed by atoms with Crippen LogP contribution in [0.25, 0.3) is 0 Å². The predicted octanol–water partition coefficient (Wildman–Crippen LogP) is 2.57. The minimum Gasteiger partial charge on any atom is -0.379 e. The number of nitrogens with zero attached hydrogens (tertiary/aromatic N) is 1. The normalized spacial score (nSPS) is 23.8. The summed E-state index contributed by atoms with van der Waals surface area (Å²) in [5.41, 5.74) is 5.67. The van der Waals surface area contributed by atoms with Crippen molar-refractivity contribution in [2.24, 2.45) is 10.7 Å². The van der Waals surface area contributed by atoms with E-state index in [2.05, 4.69) is 11.9 Å². The molecule has 1 aliphatic heterocycles. The molecule has 1 atom stereocenters. The van der Waals surface area contributed by atoms with E-state index in [1.807, 2.05) is 0 Å². The lowest BCUT2D eigenvalue weighted by molar-refractivity contribution is 0.561. The first-order valence-corrected chi connectivity index (χ1v) is 5.27. The molecule has 1 aliphatic rings. The molecule has 0 aromatic carbocycles. The molecule has 0 spiro atoms. The van der Waals surface area contributed by atoms with Gasteiger partial charge < -0.3 is 5.73 Å². The van der Waals surface area contributed by atoms with E-state index in [0.717, 1.165) is 10.9 Å². The topological polar surface area (TPSA) is 38.4 Å². The summed E-state index contributed by atoms with van der Waals surface area (Å²) in [6.07, 6.45) is 4.90. The van der Waals surface area contributed by atoms with E-state index in [1.165, 1.54) is 25.7 Å². The van der Waals surface area contributed by atoms with Gasteiger partial charge in [-0.05, 0) is 19.3 Å². The zero-order valence-corrected chi connectivity index (χ0v) is 9.98. The lowest BCUT2D eigenvalue weighted by Gasteiger charge is -2.07. The van der Waals surface area contributed by atoms with Crippen molar-refractivity contribution in [3.63, 3.8) is 0 Å². The van der Waals surface area contributed by atoms with Crippen LogP contribution in [0.2, 0.25) is 0 Å². The Bertz CT molecular complexity index is 150. The Kier molecular flexibility index (Phi) is 6.95. The number of thioether (sulfide) groups is 1. The summed E-state index contributed by atoms with van der Waals surface area (Å²) in [4.78, 5) is 4.42. The SMILES string of the molecule is Br.CCC[C@H]1CCCSC(N)=N1. The lowest BCUT2D eigenvalue weighted by Crippen LogP contribution is -2.10. The van der Waals surface area contributed by atoms with Gasteiger partial charge in [-0.2, -0.15) is 0 Å². The van der Waals surface area contributed by atoms with E-state index in [-0.39, 0.29) is 17.0 Å². The van der Waals surface area contributed by atoms with Crippen molar-refractivity contribution in [2.75, 3.05) is 5.75 Å². The van der Waals surface area contributed by atoms with Gasteiger partial charge >= 0.3 is 0 Å². The lowest BCUT2D eigenvalue weighted by atomic mass is 10.1. The Morgan fingerprint density at radius 1 is 1.67 bits per heavy atom. The summed E-state index contributed by atoms with van der Waals surface area (Å²) in [7, 11) is 0. The molecule has 12 heavy (non-hydrogen) atoms. The van der Waals surface area contributed by atoms with Crippen LogP contribution in [-0.4, -0.2) is 17.0 Å². The molecule has 0 bridgehead atoms. The Hall–Kier alpha value is 0.300. The molecule has 4 heteroatoms. The molecule has 0 aromatic heterocycles. The molecule has 72 valence electrons. The van der Waals surface area contributed by atoms with Crippen LogP contribution in [0.5, 0.6) is 0 Å². The Morgan fingerprint density at radius 2 is 2.42 bits per heavy atom. The number of hydrogen-bond acceptors (Lipinski definition) is 3. The third-order valence-electron chi connectivity index (χ3n) is 1.86. The molecule has 0 amide bonds. The summed E-state index contributed by atoms with van der Waals surface area (Å²) in [6, 6.07) is 0.509. The van der Waals surface area contributed by atoms with Gasteiger partial charge in [-0.25, -0.2) is 0 Å². The molecule has 2 nitrogen and oxygen atoms in total. The van der Waals surface area contributed by atoms with Crippen LogP contribution in [0.3, 0.4) is 0 Å². The minimum atomic E-state index is 0. The monoisotopic (exact) mass is 252 g/mol. The summed E-state index contributed by atoms with van der Waals surface area (Å²) >= 11 is 1.70. The van der Waals surface area contributed by atoms with E-state index in [4.69, 9.17) is 5.73 Å². The molecular formula is C8H17BrN2S. The van der Waals surface area contributed by atoms with Crippen LogP contribution in [0.4, 0.5) is 0 Å². The summed E-state index contributed by atoms with van der Waals surface area (Å²) in [5, 5.41) is 0.793. The zero-order chi connectivity index (χ0) is 8.10. The molecule has 0 saturated heterocycles. The number of nitrogens with two attached hydrogens (primary N) is 1. The maximum Gasteiger partial charge on any atom is 0.154 e. The molecule has 0 radical (unpaired) electrons. The Labute approximate surface area is 89.2 Å². The summed E-state index contributed by atoms with van der Waals surface area (Å²) in [6.45, 7) is 2.20. The molecule has 0 fully saturated rings. The number of hydrogen-bond donors (Lipinski definition) is 1. The molecule has 0 unspecified atom stereocenters. The van der Waals surface area contributed by atoms with E-state index in [1.54, 1.807) is 11.8 Å². The first-order chi connectivity index (χ1) is 5.33. The second-order valence-electron chi connectivity index (χ2n) is 2.90. The molecule has 0 saturated carbocycles. The van der Waals surface area contributed by atoms with Crippen LogP contribution < -0.4 is 5.73 Å². The van der Waals surface area contributed by atoms with E-state index in [9.17, 15) is 0 Å². The predicted molar refractivity (Wildman–Crippen MR) is 62.3 cm³/mol. The van der Waals surface area contributed by atoms with Crippen molar-refractivity contribution < 1.29 is 0 Å². The fraction of sp³-hybridized carbons (Fsp3) is 0.875. The van der Waals surface area contributed by atoms with Gasteiger partial charge in [0.15, 0.2) is 5.17 Å². The summed E-state index contributed by atoms with van der Waals surface area (Å²) in [5.74, 6) is 1.15. The number of rotatable bonds is 2. The highest BCUT2D eigenvalue weighted by Gasteiger charge is 2.10. The highest BCUT2D eigenvalue weighted by molar-refractivity contribution is 8.93. The number of halogens is 1. The number of amidine groups is 1. The van der Waals surface area contributed by atoms with Crippen LogP contribution >= 0.6 is 28.7 Å². The van der Waals surface area contributed by atoms with Crippen molar-refractivity contribution in [1.29, 1.82) is 0 Å². The van der Waals surface area contributed by atoms with Gasteiger partial charge in [0, 0.05) is 5.75 Å². The summed E-state index contributed by atoms with van der Waals surface area (Å²) < 4.78 is 0. The first-order valence-electron chi connectivity index (χ1n) is 4.29. The van der Waals surface area contributed by atoms with Crippen molar-refractivity contribution >= 4 is 33.9 Å². The second kappa shape index (κ2) is 6.78. The van der Waals surface area contributed by atoms with Gasteiger partial charge in [0.1, 0.15) is 0 Å². The van der Waals surface area contributed by atoms with Crippen LogP contribution in [0, 0.1) is 0 Å². The third-order valence-corrected chi connectivity index (χ3v) is 2.76. The average Bonchev–Trinajstić information content (AvgIpc) is 2.15. The molecule has 0 aromatic rings. The molecule has 2 N–H and O–H groups in total. The fourth-order valence-corrected chi connectivity index (χ4v) is 2.06. The fourth-order valence-electron chi connectivity index (χ4n) is 1.32. The molecular weight excluding hydrogens is 236 g/mol. The van der Waals surface area contributed by atoms with Gasteiger partial charge in [-0.1, -0.05) is 25.1 Å². The van der Waals surface area contributed by atoms with Crippen molar-refractivity contribution in [1.82, 2.24) is 0 Å². The van der Waals surface area contributed by atoms with Gasteiger partial charge in [0.2, 0.25) is 0 Å². The largest absolute Gasteiger partial charge is 0.379 e. The van der Waals surface area contributed by atoms with E-state index in [0.29, 0.717) is 6.04 Å². The van der Waals surface area contributed by atoms with Crippen LogP contribution in [0.15, 0.2) is 4.99 Å². The van der Waals surface area contributed by atoms with E-state index < -0.39 is 0 Å². The molecule has 1 rings (SSSR count). The molecule has 1 heterocycles. The number of aliphatic imine (C=N–C) groups is 1. The van der Waals surface area contributed by atoms with Crippen LogP contribution in [0.1, 0.15) is 32.6 Å². The maximum atomic E-state index is 5.67. The van der Waals surface area contributed by atoms with Crippen molar-refractivity contribution in [3.05, 3.63) is 0 Å². The van der Waals surface area contributed by atoms with Gasteiger partial charge in [-0.3, -0.25) is 4.99 Å². The van der Waals surface area contributed by atoms with Gasteiger partial charge in [0.05, 0.1) is 6.04 Å². The standard InChI is InChI=1S/C8H16N2S.BrH/c1-2-4-7-5-3-6-11-8(9)10-7;/h7H,2-6H2,1H3,(H2,9,10);1H/t7-;/m0./s1. The zero-order valence-electron chi connectivity index (χ0n) is 7.45. The highest BCUT2D eigenvalue weighted by atomic mass is 79.9. The van der Waals surface area contributed by atoms with Crippen LogP contribution in [-0.2, 0) is 0 Å². The third kappa shape index (κ3) is 4.36. The van der Waals surface area contributed by atoms with E-state index >= 15 is 0 Å². The van der Waals surface area contributed by atoms with Crippen molar-refractivity contribution in [3.8, 4) is 0 Å². The quantitative estimate of drug-likeness (QED) is 0.821. The minimum absolute atomic E-state index is 0.